The number of nitrogens with one attached hydrogen (secondary N) is 1. The third-order valence-electron chi connectivity index (χ3n) is 4.25. The first-order chi connectivity index (χ1) is 12.1. The molecule has 0 bridgehead atoms. The normalized spacial score (nSPS) is 11.8. The van der Waals surface area contributed by atoms with Crippen LogP contribution in [-0.4, -0.2) is 31.8 Å². The third-order valence-corrected chi connectivity index (χ3v) is 4.68. The van der Waals surface area contributed by atoms with E-state index in [0.29, 0.717) is 0 Å². The van der Waals surface area contributed by atoms with Crippen molar-refractivity contribution in [2.75, 3.05) is 7.05 Å². The molecule has 0 radical (unpaired) electrons. The largest absolute Gasteiger partial charge is 0.358 e. The molecule has 0 aliphatic carbocycles. The van der Waals surface area contributed by atoms with Gasteiger partial charge in [0.25, 0.3) is 0 Å². The van der Waals surface area contributed by atoms with E-state index in [9.17, 15) is 0 Å². The van der Waals surface area contributed by atoms with Crippen LogP contribution in [0.4, 0.5) is 0 Å². The topological polar surface area (TPSA) is 46.0 Å². The molecule has 0 fully saturated rings. The van der Waals surface area contributed by atoms with Gasteiger partial charge in [-0.15, -0.1) is 0 Å². The summed E-state index contributed by atoms with van der Waals surface area (Å²) in [7, 11) is 2.01. The van der Waals surface area contributed by atoms with E-state index >= 15 is 0 Å². The summed E-state index contributed by atoms with van der Waals surface area (Å²) in [5.74, 6) is 0. The van der Waals surface area contributed by atoms with Crippen LogP contribution in [0.15, 0.2) is 67.3 Å². The van der Waals surface area contributed by atoms with Crippen LogP contribution in [0.25, 0.3) is 5.69 Å². The van der Waals surface area contributed by atoms with Crippen LogP contribution >= 0.6 is 12.2 Å². The van der Waals surface area contributed by atoms with E-state index in [1.807, 2.05) is 37.4 Å². The van der Waals surface area contributed by atoms with Gasteiger partial charge in [-0.25, -0.2) is 9.67 Å². The number of rotatable bonds is 5. The highest BCUT2D eigenvalue weighted by atomic mass is 32.1. The molecule has 6 heteroatoms. The van der Waals surface area contributed by atoms with Crippen molar-refractivity contribution >= 4 is 17.3 Å². The van der Waals surface area contributed by atoms with Gasteiger partial charge in [0.15, 0.2) is 5.11 Å². The average molecular weight is 351 g/mol. The van der Waals surface area contributed by atoms with Crippen LogP contribution < -0.4 is 5.32 Å². The summed E-state index contributed by atoms with van der Waals surface area (Å²) >= 11 is 5.54. The molecule has 0 amide bonds. The Balaban J connectivity index is 1.61. The molecule has 128 valence electrons. The summed E-state index contributed by atoms with van der Waals surface area (Å²) in [6, 6.07) is 18.7. The van der Waals surface area contributed by atoms with Gasteiger partial charge in [-0.05, 0) is 42.4 Å². The monoisotopic (exact) mass is 351 g/mol. The predicted octanol–water partition coefficient (Wildman–Crippen LogP) is 3.33. The van der Waals surface area contributed by atoms with Crippen LogP contribution in [0, 0.1) is 0 Å². The number of benzene rings is 2. The van der Waals surface area contributed by atoms with E-state index in [-0.39, 0.29) is 6.04 Å². The Bertz CT molecular complexity index is 800. The highest BCUT2D eigenvalue weighted by Crippen LogP contribution is 2.20. The molecule has 3 rings (SSSR count). The molecular formula is C19H21N5S. The van der Waals surface area contributed by atoms with Gasteiger partial charge in [0, 0.05) is 13.6 Å². The minimum absolute atomic E-state index is 0.167. The summed E-state index contributed by atoms with van der Waals surface area (Å²) in [4.78, 5) is 6.04. The van der Waals surface area contributed by atoms with Crippen LogP contribution in [0.1, 0.15) is 24.1 Å². The van der Waals surface area contributed by atoms with Gasteiger partial charge >= 0.3 is 0 Å². The summed E-state index contributed by atoms with van der Waals surface area (Å²) in [6.45, 7) is 2.86. The molecule has 1 N–H and O–H groups in total. The fourth-order valence-corrected chi connectivity index (χ4v) is 2.78. The zero-order valence-corrected chi connectivity index (χ0v) is 15.1. The van der Waals surface area contributed by atoms with Crippen molar-refractivity contribution in [3.05, 3.63) is 78.4 Å². The van der Waals surface area contributed by atoms with Gasteiger partial charge in [-0.2, -0.15) is 5.10 Å². The lowest BCUT2D eigenvalue weighted by Gasteiger charge is -2.28. The van der Waals surface area contributed by atoms with Gasteiger partial charge in [-0.3, -0.25) is 0 Å². The highest BCUT2D eigenvalue weighted by Gasteiger charge is 2.14. The molecule has 3 aromatic rings. The molecular weight excluding hydrogens is 330 g/mol. The summed E-state index contributed by atoms with van der Waals surface area (Å²) in [6.07, 6.45) is 3.22. The van der Waals surface area contributed by atoms with Gasteiger partial charge < -0.3 is 10.2 Å². The molecule has 0 aliphatic heterocycles. The minimum atomic E-state index is 0.167. The second-order valence-electron chi connectivity index (χ2n) is 5.86. The maximum atomic E-state index is 5.54. The Morgan fingerprint density at radius 3 is 2.52 bits per heavy atom. The number of aromatic nitrogens is 3. The van der Waals surface area contributed by atoms with Crippen molar-refractivity contribution < 1.29 is 0 Å². The first-order valence-electron chi connectivity index (χ1n) is 8.14. The molecule has 0 aliphatic rings. The second kappa shape index (κ2) is 7.90. The second-order valence-corrected chi connectivity index (χ2v) is 6.25. The smallest absolute Gasteiger partial charge is 0.169 e. The Morgan fingerprint density at radius 2 is 1.88 bits per heavy atom. The van der Waals surface area contributed by atoms with Gasteiger partial charge in [-0.1, -0.05) is 42.5 Å². The third kappa shape index (κ3) is 4.22. The summed E-state index contributed by atoms with van der Waals surface area (Å²) in [5, 5.41) is 8.19. The first-order valence-corrected chi connectivity index (χ1v) is 8.55. The predicted molar refractivity (Wildman–Crippen MR) is 103 cm³/mol. The van der Waals surface area contributed by atoms with Crippen molar-refractivity contribution in [3.63, 3.8) is 0 Å². The Labute approximate surface area is 153 Å². The molecule has 0 spiro atoms. The SMILES string of the molecule is C[C@@H](c1ccc(-n2cncn2)cc1)N(C)C(=S)NCc1ccccc1. The average Bonchev–Trinajstić information content (AvgIpc) is 3.20. The van der Waals surface area contributed by atoms with Crippen molar-refractivity contribution in [3.8, 4) is 5.69 Å². The molecule has 1 aromatic heterocycles. The fourth-order valence-electron chi connectivity index (χ4n) is 2.54. The van der Waals surface area contributed by atoms with E-state index in [1.165, 1.54) is 17.5 Å². The standard InChI is InChI=1S/C19H21N5S/c1-15(17-8-10-18(11-9-17)24-14-20-13-22-24)23(2)19(25)21-12-16-6-4-3-5-7-16/h3-11,13-15H,12H2,1-2H3,(H,21,25)/t15-/m0/s1. The van der Waals surface area contributed by atoms with Crippen molar-refractivity contribution in [1.82, 2.24) is 25.0 Å². The zero-order valence-electron chi connectivity index (χ0n) is 14.3. The highest BCUT2D eigenvalue weighted by molar-refractivity contribution is 7.80. The Morgan fingerprint density at radius 1 is 1.16 bits per heavy atom. The molecule has 1 atom stereocenters. The quantitative estimate of drug-likeness (QED) is 0.715. The van der Waals surface area contributed by atoms with Crippen molar-refractivity contribution in [2.24, 2.45) is 0 Å². The molecule has 0 saturated carbocycles. The van der Waals surface area contributed by atoms with Crippen LogP contribution in [0.2, 0.25) is 0 Å². The number of hydrogen-bond donors (Lipinski definition) is 1. The van der Waals surface area contributed by atoms with E-state index in [1.54, 1.807) is 11.0 Å². The van der Waals surface area contributed by atoms with Crippen molar-refractivity contribution in [2.45, 2.75) is 19.5 Å². The molecule has 2 aromatic carbocycles. The molecule has 0 unspecified atom stereocenters. The zero-order chi connectivity index (χ0) is 17.6. The molecule has 1 heterocycles. The fraction of sp³-hybridized carbons (Fsp3) is 0.211. The molecule has 5 nitrogen and oxygen atoms in total. The lowest BCUT2D eigenvalue weighted by molar-refractivity contribution is 0.395. The van der Waals surface area contributed by atoms with E-state index in [4.69, 9.17) is 12.2 Å². The van der Waals surface area contributed by atoms with E-state index in [2.05, 4.69) is 51.5 Å². The van der Waals surface area contributed by atoms with Crippen LogP contribution in [0.3, 0.4) is 0 Å². The molecule has 0 saturated heterocycles. The van der Waals surface area contributed by atoms with Gasteiger partial charge in [0.1, 0.15) is 12.7 Å². The lowest BCUT2D eigenvalue weighted by Crippen LogP contribution is -2.38. The van der Waals surface area contributed by atoms with Gasteiger partial charge in [0.05, 0.1) is 11.7 Å². The van der Waals surface area contributed by atoms with Crippen LogP contribution in [-0.2, 0) is 6.54 Å². The minimum Gasteiger partial charge on any atom is -0.358 e. The number of thiocarbonyl (C=S) groups is 1. The van der Waals surface area contributed by atoms with Gasteiger partial charge in [0.2, 0.25) is 0 Å². The maximum absolute atomic E-state index is 5.54. The Kier molecular flexibility index (Phi) is 5.40. The van der Waals surface area contributed by atoms with Crippen LogP contribution in [0.5, 0.6) is 0 Å². The maximum Gasteiger partial charge on any atom is 0.169 e. The number of nitrogens with zero attached hydrogens (tertiary/aromatic N) is 4. The van der Waals surface area contributed by atoms with E-state index in [0.717, 1.165) is 17.3 Å². The summed E-state index contributed by atoms with van der Waals surface area (Å²) < 4.78 is 1.74. The first kappa shape index (κ1) is 17.1. The summed E-state index contributed by atoms with van der Waals surface area (Å²) in [5.41, 5.74) is 3.39. The van der Waals surface area contributed by atoms with Crippen molar-refractivity contribution in [1.29, 1.82) is 0 Å². The Hall–Kier alpha value is -2.73. The number of hydrogen-bond acceptors (Lipinski definition) is 3. The van der Waals surface area contributed by atoms with E-state index < -0.39 is 0 Å². The molecule has 25 heavy (non-hydrogen) atoms. The lowest BCUT2D eigenvalue weighted by atomic mass is 10.1.